The van der Waals surface area contributed by atoms with Gasteiger partial charge in [0.05, 0.1) is 0 Å². The van der Waals surface area contributed by atoms with E-state index in [-0.39, 0.29) is 12.4 Å². The Labute approximate surface area is 186 Å². The second-order valence-corrected chi connectivity index (χ2v) is 8.09. The number of hydrogen-bond donors (Lipinski definition) is 0. The van der Waals surface area contributed by atoms with E-state index < -0.39 is 6.36 Å². The zero-order valence-electron chi connectivity index (χ0n) is 17.7. The van der Waals surface area contributed by atoms with Crippen LogP contribution in [0.5, 0.6) is 11.5 Å². The van der Waals surface area contributed by atoms with Crippen LogP contribution < -0.4 is 14.4 Å². The number of piperidine rings is 1. The first-order chi connectivity index (χ1) is 15.4. The lowest BCUT2D eigenvalue weighted by Gasteiger charge is -2.33. The van der Waals surface area contributed by atoms with Gasteiger partial charge in [0.2, 0.25) is 0 Å². The number of nitrogens with zero attached hydrogens (tertiary/aromatic N) is 1. The first-order valence-electron chi connectivity index (χ1n) is 10.8. The fourth-order valence-electron chi connectivity index (χ4n) is 4.04. The lowest BCUT2D eigenvalue weighted by molar-refractivity contribution is -0.274. The molecule has 0 N–H and O–H groups in total. The van der Waals surface area contributed by atoms with Gasteiger partial charge in [-0.3, -0.25) is 0 Å². The van der Waals surface area contributed by atoms with Gasteiger partial charge in [-0.05, 0) is 72.7 Å². The van der Waals surface area contributed by atoms with Crippen LogP contribution in [0.3, 0.4) is 0 Å². The monoisotopic (exact) mass is 441 g/mol. The molecule has 168 valence electrons. The molecule has 0 radical (unpaired) electrons. The molecule has 4 rings (SSSR count). The van der Waals surface area contributed by atoms with Gasteiger partial charge in [-0.1, -0.05) is 42.5 Å². The molecule has 32 heavy (non-hydrogen) atoms. The average Bonchev–Trinajstić information content (AvgIpc) is 2.80. The van der Waals surface area contributed by atoms with Crippen LogP contribution in [0.1, 0.15) is 24.0 Å². The summed E-state index contributed by atoms with van der Waals surface area (Å²) in [4.78, 5) is 2.45. The van der Waals surface area contributed by atoms with Gasteiger partial charge in [0.25, 0.3) is 0 Å². The van der Waals surface area contributed by atoms with Crippen molar-refractivity contribution in [1.29, 1.82) is 0 Å². The van der Waals surface area contributed by atoms with Gasteiger partial charge in [0.1, 0.15) is 18.1 Å². The van der Waals surface area contributed by atoms with E-state index in [2.05, 4.69) is 46.0 Å². The molecule has 0 bridgehead atoms. The second kappa shape index (κ2) is 9.98. The van der Waals surface area contributed by atoms with Crippen LogP contribution in [0.15, 0.2) is 78.9 Å². The van der Waals surface area contributed by atoms with Crippen LogP contribution >= 0.6 is 0 Å². The zero-order chi connectivity index (χ0) is 22.4. The van der Waals surface area contributed by atoms with Crippen LogP contribution in [0.2, 0.25) is 0 Å². The first-order valence-corrected chi connectivity index (χ1v) is 10.8. The van der Waals surface area contributed by atoms with Gasteiger partial charge in [-0.15, -0.1) is 13.2 Å². The number of anilines is 1. The van der Waals surface area contributed by atoms with Gasteiger partial charge in [0, 0.05) is 18.8 Å². The third kappa shape index (κ3) is 6.42. The van der Waals surface area contributed by atoms with Crippen molar-refractivity contribution in [3.63, 3.8) is 0 Å². The Bertz CT molecular complexity index is 965. The summed E-state index contributed by atoms with van der Waals surface area (Å²) in [6.45, 7) is 2.45. The predicted molar refractivity (Wildman–Crippen MR) is 119 cm³/mol. The molecule has 0 amide bonds. The Kier molecular flexibility index (Phi) is 6.88. The van der Waals surface area contributed by atoms with E-state index in [9.17, 15) is 13.2 Å². The summed E-state index contributed by atoms with van der Waals surface area (Å²) >= 11 is 0. The normalized spacial score (nSPS) is 14.9. The molecule has 3 aromatic carbocycles. The maximum Gasteiger partial charge on any atom is 0.573 e. The van der Waals surface area contributed by atoms with Crippen molar-refractivity contribution >= 4 is 5.69 Å². The second-order valence-electron chi connectivity index (χ2n) is 8.09. The summed E-state index contributed by atoms with van der Waals surface area (Å²) in [5.41, 5.74) is 3.37. The molecule has 1 aliphatic heterocycles. The fraction of sp³-hybridized carbons (Fsp3) is 0.308. The molecule has 0 unspecified atom stereocenters. The van der Waals surface area contributed by atoms with Crippen molar-refractivity contribution in [3.05, 3.63) is 90.0 Å². The Hall–Kier alpha value is -3.15. The lowest BCUT2D eigenvalue weighted by atomic mass is 9.90. The predicted octanol–water partition coefficient (Wildman–Crippen LogP) is 6.62. The number of para-hydroxylation sites is 1. The Morgan fingerprint density at radius 2 is 1.34 bits per heavy atom. The van der Waals surface area contributed by atoms with Crippen molar-refractivity contribution < 1.29 is 22.6 Å². The maximum atomic E-state index is 12.2. The van der Waals surface area contributed by atoms with E-state index in [4.69, 9.17) is 4.74 Å². The summed E-state index contributed by atoms with van der Waals surface area (Å²) in [5.74, 6) is 1.18. The topological polar surface area (TPSA) is 21.7 Å². The van der Waals surface area contributed by atoms with Gasteiger partial charge >= 0.3 is 6.36 Å². The van der Waals surface area contributed by atoms with E-state index in [1.165, 1.54) is 36.2 Å². The molecule has 0 aromatic heterocycles. The highest BCUT2D eigenvalue weighted by Crippen LogP contribution is 2.27. The molecule has 1 heterocycles. The van der Waals surface area contributed by atoms with Crippen molar-refractivity contribution in [2.45, 2.75) is 32.2 Å². The van der Waals surface area contributed by atoms with E-state index in [0.717, 1.165) is 30.8 Å². The number of halogens is 3. The highest BCUT2D eigenvalue weighted by Gasteiger charge is 2.30. The number of rotatable bonds is 7. The number of ether oxygens (including phenoxy) is 2. The molecule has 0 aliphatic carbocycles. The van der Waals surface area contributed by atoms with Gasteiger partial charge < -0.3 is 14.4 Å². The summed E-state index contributed by atoms with van der Waals surface area (Å²) in [6, 6.07) is 24.4. The minimum Gasteiger partial charge on any atom is -0.489 e. The summed E-state index contributed by atoms with van der Waals surface area (Å²) in [5, 5.41) is 0. The highest BCUT2D eigenvalue weighted by molar-refractivity contribution is 5.46. The van der Waals surface area contributed by atoms with Crippen LogP contribution in [-0.4, -0.2) is 19.5 Å². The van der Waals surface area contributed by atoms with Crippen LogP contribution in [0.25, 0.3) is 0 Å². The average molecular weight is 441 g/mol. The molecule has 1 aliphatic rings. The van der Waals surface area contributed by atoms with E-state index in [1.807, 2.05) is 18.2 Å². The summed E-state index contributed by atoms with van der Waals surface area (Å²) in [7, 11) is 0. The highest BCUT2D eigenvalue weighted by atomic mass is 19.4. The minimum atomic E-state index is -4.68. The molecular weight excluding hydrogens is 415 g/mol. The lowest BCUT2D eigenvalue weighted by Crippen LogP contribution is -2.34. The third-order valence-electron chi connectivity index (χ3n) is 5.75. The minimum absolute atomic E-state index is 0.236. The quantitative estimate of drug-likeness (QED) is 0.411. The molecule has 0 spiro atoms. The molecule has 3 aromatic rings. The van der Waals surface area contributed by atoms with E-state index in [0.29, 0.717) is 5.92 Å². The van der Waals surface area contributed by atoms with Crippen LogP contribution in [0, 0.1) is 5.92 Å². The molecule has 6 heteroatoms. The molecular formula is C26H26F3NO2. The smallest absolute Gasteiger partial charge is 0.489 e. The number of alkyl halides is 3. The molecule has 0 atom stereocenters. The van der Waals surface area contributed by atoms with Gasteiger partial charge in [-0.2, -0.15) is 0 Å². The Balaban J connectivity index is 1.22. The SMILES string of the molecule is FC(F)(F)Oc1ccc(COc2ccc(CC3CCN(c4ccccc4)CC3)cc2)cc1. The fourth-order valence-corrected chi connectivity index (χ4v) is 4.04. The van der Waals surface area contributed by atoms with Gasteiger partial charge in [-0.25, -0.2) is 0 Å². The van der Waals surface area contributed by atoms with Crippen molar-refractivity contribution in [2.24, 2.45) is 5.92 Å². The largest absolute Gasteiger partial charge is 0.573 e. The standard InChI is InChI=1S/C26H26F3NO2/c27-26(28,29)32-25-12-8-22(9-13-25)19-31-24-10-6-20(7-11-24)18-21-14-16-30(17-15-21)23-4-2-1-3-5-23/h1-13,21H,14-19H2. The zero-order valence-corrected chi connectivity index (χ0v) is 17.7. The van der Waals surface area contributed by atoms with Crippen molar-refractivity contribution in [2.75, 3.05) is 18.0 Å². The van der Waals surface area contributed by atoms with E-state index in [1.54, 1.807) is 12.1 Å². The summed E-state index contributed by atoms with van der Waals surface area (Å²) < 4.78 is 46.3. The van der Waals surface area contributed by atoms with E-state index >= 15 is 0 Å². The van der Waals surface area contributed by atoms with Gasteiger partial charge in [0.15, 0.2) is 0 Å². The van der Waals surface area contributed by atoms with Crippen LogP contribution in [0.4, 0.5) is 18.9 Å². The Morgan fingerprint density at radius 1 is 0.750 bits per heavy atom. The van der Waals surface area contributed by atoms with Crippen molar-refractivity contribution in [3.8, 4) is 11.5 Å². The molecule has 1 fully saturated rings. The molecule has 0 saturated carbocycles. The number of benzene rings is 3. The number of hydrogen-bond acceptors (Lipinski definition) is 3. The molecule has 3 nitrogen and oxygen atoms in total. The molecule has 1 saturated heterocycles. The third-order valence-corrected chi connectivity index (χ3v) is 5.75. The Morgan fingerprint density at radius 3 is 1.97 bits per heavy atom. The summed E-state index contributed by atoms with van der Waals surface area (Å²) in [6.07, 6.45) is -1.26. The first kappa shape index (κ1) is 22.1. The van der Waals surface area contributed by atoms with Crippen LogP contribution in [-0.2, 0) is 13.0 Å². The van der Waals surface area contributed by atoms with Crippen molar-refractivity contribution in [1.82, 2.24) is 0 Å². The maximum absolute atomic E-state index is 12.2.